The van der Waals surface area contributed by atoms with Crippen molar-refractivity contribution in [3.05, 3.63) is 0 Å². The van der Waals surface area contributed by atoms with E-state index in [1.165, 1.54) is 0 Å². The van der Waals surface area contributed by atoms with Crippen molar-refractivity contribution in [3.8, 4) is 0 Å². The second kappa shape index (κ2) is 15.8. The van der Waals surface area contributed by atoms with Gasteiger partial charge in [0.2, 0.25) is 0 Å². The van der Waals surface area contributed by atoms with Crippen LogP contribution < -0.4 is 0 Å². The predicted molar refractivity (Wildman–Crippen MR) is 33.3 cm³/mol. The van der Waals surface area contributed by atoms with E-state index < -0.39 is 0 Å². The summed E-state index contributed by atoms with van der Waals surface area (Å²) in [5.41, 5.74) is 0. The van der Waals surface area contributed by atoms with Crippen molar-refractivity contribution < 1.29 is 15.5 Å². The molecule has 0 rings (SSSR count). The first kappa shape index (κ1) is 10.8. The molecule has 0 saturated heterocycles. The van der Waals surface area contributed by atoms with Crippen LogP contribution in [0.15, 0.2) is 10.3 Å². The molecule has 3 N–H and O–H groups in total. The molecular weight excluding hydrogens is 124 g/mol. The molecule has 0 aromatic carbocycles. The van der Waals surface area contributed by atoms with E-state index in [4.69, 9.17) is 15.5 Å². The fourth-order valence-electron chi connectivity index (χ4n) is 0.0596. The third-order valence-electron chi connectivity index (χ3n) is 0.200. The van der Waals surface area contributed by atoms with Crippen molar-refractivity contribution in [2.45, 2.75) is 6.92 Å². The molecule has 0 heterocycles. The average molecular weight is 134 g/mol. The Morgan fingerprint density at radius 1 is 1.22 bits per heavy atom. The standard InChI is InChI=1S/C2H4N2O2.C2H6O/c5-3-1-2-4-6;1-2-3/h1-2,5-6H;3H,2H2,1H3/b3-1+,4-2+;. The van der Waals surface area contributed by atoms with Crippen LogP contribution in [0.3, 0.4) is 0 Å². The number of rotatable bonds is 1. The molecule has 0 amide bonds. The predicted octanol–water partition coefficient (Wildman–Crippen LogP) is -0.0950. The first-order valence-electron chi connectivity index (χ1n) is 2.27. The lowest BCUT2D eigenvalue weighted by Gasteiger charge is -1.62. The molecule has 54 valence electrons. The molecule has 5 nitrogen and oxygen atoms in total. The molecule has 0 unspecified atom stereocenters. The Hall–Kier alpha value is -1.10. The number of hydrogen-bond acceptors (Lipinski definition) is 5. The highest BCUT2D eigenvalue weighted by Crippen LogP contribution is 1.45. The molecule has 0 bridgehead atoms. The highest BCUT2D eigenvalue weighted by Gasteiger charge is 1.54. The molecule has 0 aliphatic rings. The van der Waals surface area contributed by atoms with Gasteiger partial charge in [0, 0.05) is 6.61 Å². The van der Waals surface area contributed by atoms with Crippen molar-refractivity contribution in [2.75, 3.05) is 6.61 Å². The van der Waals surface area contributed by atoms with Crippen molar-refractivity contribution in [3.63, 3.8) is 0 Å². The number of aliphatic hydroxyl groups is 1. The fraction of sp³-hybridized carbons (Fsp3) is 0.500. The smallest absolute Gasteiger partial charge is 0.0877 e. The van der Waals surface area contributed by atoms with Crippen molar-refractivity contribution in [1.82, 2.24) is 0 Å². The van der Waals surface area contributed by atoms with Gasteiger partial charge in [0.1, 0.15) is 0 Å². The number of oxime groups is 2. The maximum atomic E-state index is 7.57. The zero-order chi connectivity index (χ0) is 7.54. The Balaban J connectivity index is 0. The minimum absolute atomic E-state index is 0.250. The maximum Gasteiger partial charge on any atom is 0.0877 e. The number of aliphatic hydroxyl groups excluding tert-OH is 1. The van der Waals surface area contributed by atoms with Crippen LogP contribution in [0.2, 0.25) is 0 Å². The topological polar surface area (TPSA) is 85.4 Å². The summed E-state index contributed by atoms with van der Waals surface area (Å²) in [7, 11) is 0. The third kappa shape index (κ3) is 45.9. The van der Waals surface area contributed by atoms with Gasteiger partial charge in [0.15, 0.2) is 0 Å². The van der Waals surface area contributed by atoms with Crippen LogP contribution in [0.25, 0.3) is 0 Å². The molecule has 0 aliphatic heterocycles. The summed E-state index contributed by atoms with van der Waals surface area (Å²) < 4.78 is 0. The molecule has 9 heavy (non-hydrogen) atoms. The minimum atomic E-state index is 0.250. The summed E-state index contributed by atoms with van der Waals surface area (Å²) in [5.74, 6) is 0. The van der Waals surface area contributed by atoms with Gasteiger partial charge in [-0.2, -0.15) is 0 Å². The summed E-state index contributed by atoms with van der Waals surface area (Å²) in [6, 6.07) is 0. The van der Waals surface area contributed by atoms with Gasteiger partial charge in [-0.3, -0.25) is 0 Å². The molecule has 0 radical (unpaired) electrons. The summed E-state index contributed by atoms with van der Waals surface area (Å²) in [5, 5.41) is 27.7. The van der Waals surface area contributed by atoms with Crippen LogP contribution in [-0.4, -0.2) is 34.6 Å². The summed E-state index contributed by atoms with van der Waals surface area (Å²) in [4.78, 5) is 0. The quantitative estimate of drug-likeness (QED) is 0.266. The van der Waals surface area contributed by atoms with Crippen LogP contribution in [-0.2, 0) is 0 Å². The Morgan fingerprint density at radius 2 is 1.44 bits per heavy atom. The van der Waals surface area contributed by atoms with E-state index in [0.29, 0.717) is 0 Å². The summed E-state index contributed by atoms with van der Waals surface area (Å²) >= 11 is 0. The Kier molecular flexibility index (Phi) is 19.0. The second-order valence-corrected chi connectivity index (χ2v) is 0.845. The second-order valence-electron chi connectivity index (χ2n) is 0.845. The van der Waals surface area contributed by atoms with Crippen molar-refractivity contribution >= 4 is 12.4 Å². The lowest BCUT2D eigenvalue weighted by Crippen LogP contribution is -1.70. The first-order chi connectivity index (χ1) is 4.33. The first-order valence-corrected chi connectivity index (χ1v) is 2.27. The normalized spacial score (nSPS) is 9.56. The highest BCUT2D eigenvalue weighted by atomic mass is 16.4. The number of hydrogen-bond donors (Lipinski definition) is 3. The summed E-state index contributed by atoms with van der Waals surface area (Å²) in [6.45, 7) is 1.93. The third-order valence-corrected chi connectivity index (χ3v) is 0.200. The van der Waals surface area contributed by atoms with E-state index in [1.54, 1.807) is 6.92 Å². The van der Waals surface area contributed by atoms with Gasteiger partial charge in [-0.25, -0.2) is 0 Å². The molecule has 0 aromatic rings. The Bertz CT molecular complexity index is 71.9. The molecule has 0 saturated carbocycles. The van der Waals surface area contributed by atoms with Gasteiger partial charge in [-0.15, -0.1) is 0 Å². The Morgan fingerprint density at radius 3 is 1.56 bits per heavy atom. The van der Waals surface area contributed by atoms with E-state index in [-0.39, 0.29) is 6.61 Å². The van der Waals surface area contributed by atoms with E-state index >= 15 is 0 Å². The SMILES string of the molecule is CCO.O/N=C/C=N/O. The molecule has 5 heteroatoms. The van der Waals surface area contributed by atoms with Gasteiger partial charge in [-0.05, 0) is 6.92 Å². The van der Waals surface area contributed by atoms with Gasteiger partial charge in [0.05, 0.1) is 12.4 Å². The molecule has 0 aliphatic carbocycles. The van der Waals surface area contributed by atoms with E-state index in [9.17, 15) is 0 Å². The van der Waals surface area contributed by atoms with Crippen LogP contribution in [0.5, 0.6) is 0 Å². The van der Waals surface area contributed by atoms with Crippen LogP contribution in [0, 0.1) is 0 Å². The molecule has 0 aromatic heterocycles. The molecule has 0 fully saturated rings. The lowest BCUT2D eigenvalue weighted by atomic mass is 10.8. The Labute approximate surface area is 52.9 Å². The largest absolute Gasteiger partial charge is 0.411 e. The van der Waals surface area contributed by atoms with Crippen molar-refractivity contribution in [1.29, 1.82) is 0 Å². The summed E-state index contributed by atoms with van der Waals surface area (Å²) in [6.07, 6.45) is 1.89. The monoisotopic (exact) mass is 134 g/mol. The molecule has 0 atom stereocenters. The maximum absolute atomic E-state index is 7.57. The van der Waals surface area contributed by atoms with E-state index in [1.807, 2.05) is 0 Å². The molecule has 0 spiro atoms. The fourth-order valence-corrected chi connectivity index (χ4v) is 0.0596. The van der Waals surface area contributed by atoms with E-state index in [0.717, 1.165) is 12.4 Å². The minimum Gasteiger partial charge on any atom is -0.411 e. The lowest BCUT2D eigenvalue weighted by molar-refractivity contribution is 0.317. The zero-order valence-corrected chi connectivity index (χ0v) is 5.10. The van der Waals surface area contributed by atoms with Crippen molar-refractivity contribution in [2.24, 2.45) is 10.3 Å². The van der Waals surface area contributed by atoms with Gasteiger partial charge >= 0.3 is 0 Å². The van der Waals surface area contributed by atoms with Gasteiger partial charge in [-0.1, -0.05) is 10.3 Å². The average Bonchev–Trinajstić information content (AvgIpc) is 1.86. The highest BCUT2D eigenvalue weighted by molar-refractivity contribution is 6.15. The molecular formula is C4H10N2O3. The zero-order valence-electron chi connectivity index (χ0n) is 5.10. The van der Waals surface area contributed by atoms with Crippen LogP contribution in [0.1, 0.15) is 6.92 Å². The van der Waals surface area contributed by atoms with Crippen LogP contribution in [0.4, 0.5) is 0 Å². The van der Waals surface area contributed by atoms with Crippen LogP contribution >= 0.6 is 0 Å². The van der Waals surface area contributed by atoms with Gasteiger partial charge in [0.25, 0.3) is 0 Å². The number of nitrogens with zero attached hydrogens (tertiary/aromatic N) is 2. The van der Waals surface area contributed by atoms with E-state index in [2.05, 4.69) is 10.3 Å². The van der Waals surface area contributed by atoms with Gasteiger partial charge < -0.3 is 15.5 Å².